The van der Waals surface area contributed by atoms with Crippen LogP contribution in [0, 0.1) is 5.92 Å². The fourth-order valence-electron chi connectivity index (χ4n) is 1.15. The van der Waals surface area contributed by atoms with Crippen molar-refractivity contribution in [2.75, 3.05) is 6.61 Å². The summed E-state index contributed by atoms with van der Waals surface area (Å²) in [6.45, 7) is 6.80. The number of carbonyl (C=O) groups excluding carboxylic acids is 1. The third kappa shape index (κ3) is 6.20. The van der Waals surface area contributed by atoms with Gasteiger partial charge in [-0.05, 0) is 12.3 Å². The summed E-state index contributed by atoms with van der Waals surface area (Å²) in [6, 6.07) is 0. The molecule has 0 spiro atoms. The van der Waals surface area contributed by atoms with E-state index in [1.165, 1.54) is 0 Å². The van der Waals surface area contributed by atoms with Gasteiger partial charge in [0.25, 0.3) is 0 Å². The van der Waals surface area contributed by atoms with Crippen molar-refractivity contribution in [3.05, 3.63) is 0 Å². The predicted molar refractivity (Wildman–Crippen MR) is 49.9 cm³/mol. The summed E-state index contributed by atoms with van der Waals surface area (Å²) < 4.78 is 4.97. The highest BCUT2D eigenvalue weighted by molar-refractivity contribution is 5.69. The van der Waals surface area contributed by atoms with Crippen LogP contribution in [0.5, 0.6) is 0 Å². The Balaban J connectivity index is 3.40. The van der Waals surface area contributed by atoms with Gasteiger partial charge in [-0.2, -0.15) is 0 Å². The Morgan fingerprint density at radius 3 is 2.50 bits per heavy atom. The van der Waals surface area contributed by atoms with Gasteiger partial charge in [0.2, 0.25) is 0 Å². The molecule has 0 amide bonds. The van der Waals surface area contributed by atoms with Crippen molar-refractivity contribution < 1.29 is 9.53 Å². The Morgan fingerprint density at radius 2 is 2.00 bits per heavy atom. The molecule has 2 nitrogen and oxygen atoms in total. The van der Waals surface area contributed by atoms with Crippen molar-refractivity contribution in [3.63, 3.8) is 0 Å². The van der Waals surface area contributed by atoms with Gasteiger partial charge in [0, 0.05) is 6.42 Å². The van der Waals surface area contributed by atoms with E-state index in [4.69, 9.17) is 4.74 Å². The van der Waals surface area contributed by atoms with E-state index in [-0.39, 0.29) is 5.97 Å². The van der Waals surface area contributed by atoms with Crippen LogP contribution in [-0.4, -0.2) is 12.6 Å². The molecule has 0 heterocycles. The Kier molecular flexibility index (Phi) is 6.82. The van der Waals surface area contributed by atoms with E-state index in [1.54, 1.807) is 0 Å². The maximum absolute atomic E-state index is 11.1. The number of hydrogen-bond acceptors (Lipinski definition) is 2. The third-order valence-electron chi connectivity index (χ3n) is 1.76. The minimum absolute atomic E-state index is 0.0437. The molecule has 1 unspecified atom stereocenters. The Morgan fingerprint density at radius 1 is 1.33 bits per heavy atom. The Bertz CT molecular complexity index is 121. The smallest absolute Gasteiger partial charge is 0.306 e. The lowest BCUT2D eigenvalue weighted by Crippen LogP contribution is -2.09. The molecule has 0 bridgehead atoms. The summed E-state index contributed by atoms with van der Waals surface area (Å²) in [6.07, 6.45) is 3.74. The zero-order chi connectivity index (χ0) is 9.40. The Labute approximate surface area is 75.3 Å². The summed E-state index contributed by atoms with van der Waals surface area (Å²) in [5.41, 5.74) is 0. The van der Waals surface area contributed by atoms with E-state index in [2.05, 4.69) is 13.8 Å². The van der Waals surface area contributed by atoms with Crippen LogP contribution in [0.3, 0.4) is 0 Å². The first-order valence-electron chi connectivity index (χ1n) is 4.86. The summed E-state index contributed by atoms with van der Waals surface area (Å²) in [5, 5.41) is 0. The van der Waals surface area contributed by atoms with Crippen molar-refractivity contribution in [2.45, 2.75) is 46.5 Å². The molecule has 0 saturated carbocycles. The van der Waals surface area contributed by atoms with Gasteiger partial charge in [-0.1, -0.05) is 33.6 Å². The van der Waals surface area contributed by atoms with Gasteiger partial charge in [-0.25, -0.2) is 0 Å². The van der Waals surface area contributed by atoms with Crippen LogP contribution in [0.25, 0.3) is 0 Å². The average Bonchev–Trinajstić information content (AvgIpc) is 2.01. The first-order chi connectivity index (χ1) is 5.70. The van der Waals surface area contributed by atoms with Gasteiger partial charge in [0.1, 0.15) is 0 Å². The highest BCUT2D eigenvalue weighted by Crippen LogP contribution is 2.10. The molecule has 0 N–H and O–H groups in total. The second kappa shape index (κ2) is 7.14. The van der Waals surface area contributed by atoms with Crippen LogP contribution in [0.2, 0.25) is 0 Å². The molecule has 0 aromatic carbocycles. The van der Waals surface area contributed by atoms with Crippen molar-refractivity contribution in [3.8, 4) is 0 Å². The molecule has 0 fully saturated rings. The van der Waals surface area contributed by atoms with E-state index in [0.29, 0.717) is 18.9 Å². The van der Waals surface area contributed by atoms with Crippen LogP contribution in [-0.2, 0) is 9.53 Å². The number of esters is 1. The topological polar surface area (TPSA) is 26.3 Å². The van der Waals surface area contributed by atoms with Crippen molar-refractivity contribution in [2.24, 2.45) is 5.92 Å². The van der Waals surface area contributed by atoms with E-state index in [9.17, 15) is 4.79 Å². The molecule has 0 aliphatic carbocycles. The number of ether oxygens (including phenoxy) is 1. The van der Waals surface area contributed by atoms with Crippen molar-refractivity contribution in [1.29, 1.82) is 0 Å². The normalized spacial score (nSPS) is 12.6. The van der Waals surface area contributed by atoms with E-state index >= 15 is 0 Å². The minimum atomic E-state index is -0.0437. The summed E-state index contributed by atoms with van der Waals surface area (Å²) in [7, 11) is 0. The minimum Gasteiger partial charge on any atom is -0.466 e. The maximum atomic E-state index is 11.1. The molecule has 0 aromatic heterocycles. The van der Waals surface area contributed by atoms with Crippen LogP contribution < -0.4 is 0 Å². The molecule has 0 aromatic rings. The molecular formula is C10H20O2. The van der Waals surface area contributed by atoms with Gasteiger partial charge >= 0.3 is 5.97 Å². The van der Waals surface area contributed by atoms with Gasteiger partial charge in [0.15, 0.2) is 0 Å². The van der Waals surface area contributed by atoms with Crippen LogP contribution in [0.15, 0.2) is 0 Å². The lowest BCUT2D eigenvalue weighted by atomic mass is 10.0. The molecule has 72 valence electrons. The summed E-state index contributed by atoms with van der Waals surface area (Å²) in [4.78, 5) is 11.1. The van der Waals surface area contributed by atoms with Gasteiger partial charge in [-0.15, -0.1) is 0 Å². The van der Waals surface area contributed by atoms with Crippen LogP contribution >= 0.6 is 0 Å². The fourth-order valence-corrected chi connectivity index (χ4v) is 1.15. The second-order valence-corrected chi connectivity index (χ2v) is 3.32. The highest BCUT2D eigenvalue weighted by atomic mass is 16.5. The Hall–Kier alpha value is -0.530. The SMILES string of the molecule is CCCOC(=O)CC(C)CCC. The molecule has 0 aliphatic rings. The molecule has 2 heteroatoms. The number of rotatable bonds is 6. The van der Waals surface area contributed by atoms with E-state index in [1.807, 2.05) is 6.92 Å². The molecule has 0 aliphatic heterocycles. The maximum Gasteiger partial charge on any atom is 0.306 e. The molecule has 0 radical (unpaired) electrons. The van der Waals surface area contributed by atoms with E-state index < -0.39 is 0 Å². The number of carbonyl (C=O) groups is 1. The first-order valence-corrected chi connectivity index (χ1v) is 4.86. The molecule has 12 heavy (non-hydrogen) atoms. The van der Waals surface area contributed by atoms with Crippen LogP contribution in [0.4, 0.5) is 0 Å². The van der Waals surface area contributed by atoms with E-state index in [0.717, 1.165) is 19.3 Å². The molecule has 1 atom stereocenters. The zero-order valence-corrected chi connectivity index (χ0v) is 8.43. The lowest BCUT2D eigenvalue weighted by molar-refractivity contribution is -0.144. The fraction of sp³-hybridized carbons (Fsp3) is 0.900. The van der Waals surface area contributed by atoms with Gasteiger partial charge in [-0.3, -0.25) is 4.79 Å². The standard InChI is InChI=1S/C10H20O2/c1-4-6-9(3)8-10(11)12-7-5-2/h9H,4-8H2,1-3H3. The van der Waals surface area contributed by atoms with Gasteiger partial charge < -0.3 is 4.74 Å². The number of hydrogen-bond donors (Lipinski definition) is 0. The highest BCUT2D eigenvalue weighted by Gasteiger charge is 2.08. The largest absolute Gasteiger partial charge is 0.466 e. The van der Waals surface area contributed by atoms with Crippen molar-refractivity contribution in [1.82, 2.24) is 0 Å². The average molecular weight is 172 g/mol. The summed E-state index contributed by atoms with van der Waals surface area (Å²) in [5.74, 6) is 0.428. The lowest BCUT2D eigenvalue weighted by Gasteiger charge is -2.08. The zero-order valence-electron chi connectivity index (χ0n) is 8.43. The van der Waals surface area contributed by atoms with Crippen molar-refractivity contribution >= 4 is 5.97 Å². The monoisotopic (exact) mass is 172 g/mol. The molecule has 0 saturated heterocycles. The molecular weight excluding hydrogens is 152 g/mol. The molecule has 0 rings (SSSR count). The summed E-state index contributed by atoms with van der Waals surface area (Å²) >= 11 is 0. The first kappa shape index (κ1) is 11.5. The third-order valence-corrected chi connectivity index (χ3v) is 1.76. The van der Waals surface area contributed by atoms with Crippen LogP contribution in [0.1, 0.15) is 46.5 Å². The quantitative estimate of drug-likeness (QED) is 0.576. The predicted octanol–water partition coefficient (Wildman–Crippen LogP) is 2.77. The van der Waals surface area contributed by atoms with Gasteiger partial charge in [0.05, 0.1) is 6.61 Å². The second-order valence-electron chi connectivity index (χ2n) is 3.32.